The minimum Gasteiger partial charge on any atom is -0.483 e. The second-order valence-corrected chi connectivity index (χ2v) is 8.69. The number of carbonyl (C=O) groups excluding carboxylic acids is 2. The number of Topliss-reactive ketones (excluding diaryl/α,β-unsaturated/α-hetero) is 1. The third kappa shape index (κ3) is 16.2. The van der Waals surface area contributed by atoms with Crippen LogP contribution in [0.2, 0.25) is 0 Å². The van der Waals surface area contributed by atoms with Crippen molar-refractivity contribution in [2.75, 3.05) is 84.0 Å². The van der Waals surface area contributed by atoms with Gasteiger partial charge in [0.2, 0.25) is 0 Å². The van der Waals surface area contributed by atoms with E-state index < -0.39 is 11.9 Å². The molecule has 1 aliphatic heterocycles. The number of rotatable bonds is 10. The summed E-state index contributed by atoms with van der Waals surface area (Å²) in [5, 5.41) is 28.9. The van der Waals surface area contributed by atoms with Gasteiger partial charge >= 0.3 is 11.9 Å². The monoisotopic (exact) mass is 553 g/mol. The van der Waals surface area contributed by atoms with Gasteiger partial charge in [-0.2, -0.15) is 0 Å². The summed E-state index contributed by atoms with van der Waals surface area (Å²) in [6.07, 6.45) is 0.482. The van der Waals surface area contributed by atoms with E-state index in [9.17, 15) is 24.6 Å². The maximum absolute atomic E-state index is 11.8. The zero-order valence-electron chi connectivity index (χ0n) is 23.0. The number of nitrogens with one attached hydrogen (secondary N) is 1. The third-order valence-electron chi connectivity index (χ3n) is 6.13. The van der Waals surface area contributed by atoms with E-state index in [0.29, 0.717) is 51.4 Å². The van der Waals surface area contributed by atoms with Gasteiger partial charge in [0.1, 0.15) is 6.79 Å². The van der Waals surface area contributed by atoms with Crippen LogP contribution in [0.25, 0.3) is 0 Å². The van der Waals surface area contributed by atoms with Gasteiger partial charge in [0, 0.05) is 70.0 Å². The molecule has 1 fully saturated rings. The van der Waals surface area contributed by atoms with E-state index in [1.807, 2.05) is 47.8 Å². The number of benzene rings is 1. The third-order valence-corrected chi connectivity index (χ3v) is 6.13. The largest absolute Gasteiger partial charge is 0.483 e. The number of ketones is 1. The molecule has 2 rings (SSSR count). The Labute approximate surface area is 230 Å². The zero-order valence-corrected chi connectivity index (χ0v) is 23.0. The molecule has 1 aromatic rings. The molecule has 4 N–H and O–H groups in total. The van der Waals surface area contributed by atoms with Gasteiger partial charge in [-0.05, 0) is 30.8 Å². The van der Waals surface area contributed by atoms with Crippen LogP contribution in [0.5, 0.6) is 0 Å². The number of hydrogen-bond acceptors (Lipinski definition) is 10. The van der Waals surface area contributed by atoms with Crippen molar-refractivity contribution in [3.05, 3.63) is 29.8 Å². The van der Waals surface area contributed by atoms with Crippen LogP contribution in [-0.2, 0) is 19.2 Å². The smallest absolute Gasteiger partial charge is 0.317 e. The topological polar surface area (TPSA) is 171 Å². The lowest BCUT2D eigenvalue weighted by Gasteiger charge is -2.33. The minimum absolute atomic E-state index is 0.0445. The molecule has 0 unspecified atom stereocenters. The van der Waals surface area contributed by atoms with Gasteiger partial charge in [-0.15, -0.1) is 0 Å². The number of aliphatic carboxylic acids is 2. The Morgan fingerprint density at radius 2 is 1.18 bits per heavy atom. The molecule has 1 saturated heterocycles. The molecule has 0 amide bonds. The number of carbonyl (C=O) groups is 5. The Kier molecular flexibility index (Phi) is 19.7. The summed E-state index contributed by atoms with van der Waals surface area (Å²) in [6.45, 7) is 12.4. The number of likely N-dealkylation sites (N-methyl/N-ethyl adjacent to an activating group) is 1. The van der Waals surface area contributed by atoms with Crippen molar-refractivity contribution in [3.63, 3.8) is 0 Å². The molecule has 1 aromatic carbocycles. The fourth-order valence-corrected chi connectivity index (χ4v) is 3.93. The van der Waals surface area contributed by atoms with Crippen LogP contribution in [0, 0.1) is 0 Å². The minimum atomic E-state index is -0.888. The summed E-state index contributed by atoms with van der Waals surface area (Å²) >= 11 is 0. The van der Waals surface area contributed by atoms with Crippen LogP contribution in [0.1, 0.15) is 30.6 Å². The predicted octanol–water partition coefficient (Wildman–Crippen LogP) is 0.575. The van der Waals surface area contributed by atoms with Crippen molar-refractivity contribution in [1.29, 1.82) is 0 Å². The second kappa shape index (κ2) is 21.5. The fraction of sp³-hybridized carbons (Fsp3) is 0.577. The average Bonchev–Trinajstić information content (AvgIpc) is 2.92. The number of hydrogen-bond donors (Lipinski definition) is 4. The van der Waals surface area contributed by atoms with E-state index in [0.717, 1.165) is 31.9 Å². The van der Waals surface area contributed by atoms with E-state index >= 15 is 0 Å². The van der Waals surface area contributed by atoms with E-state index in [2.05, 4.69) is 22.0 Å². The Morgan fingerprint density at radius 1 is 0.795 bits per heavy atom. The molecule has 220 valence electrons. The summed E-state index contributed by atoms with van der Waals surface area (Å²) in [4.78, 5) is 59.2. The molecule has 0 saturated carbocycles. The summed E-state index contributed by atoms with van der Waals surface area (Å²) < 4.78 is 0. The molecule has 0 radical (unpaired) electrons. The summed E-state index contributed by atoms with van der Waals surface area (Å²) in [7, 11) is 0. The number of nitrogens with zero attached hydrogens (tertiary/aromatic N) is 4. The molecule has 1 heterocycles. The lowest BCUT2D eigenvalue weighted by Crippen LogP contribution is -2.48. The van der Waals surface area contributed by atoms with Crippen molar-refractivity contribution < 1.29 is 39.3 Å². The molecule has 0 aliphatic carbocycles. The highest BCUT2D eigenvalue weighted by Gasteiger charge is 2.18. The normalized spacial score (nSPS) is 16.2. The number of carboxylic acids is 2. The quantitative estimate of drug-likeness (QED) is 0.234. The number of carboxylic acid groups (broad SMARTS) is 3. The lowest BCUT2D eigenvalue weighted by molar-refractivity contribution is -0.140. The predicted molar refractivity (Wildman–Crippen MR) is 147 cm³/mol. The van der Waals surface area contributed by atoms with E-state index in [1.165, 1.54) is 0 Å². The molecule has 0 aromatic heterocycles. The van der Waals surface area contributed by atoms with Crippen molar-refractivity contribution in [2.24, 2.45) is 0 Å². The van der Waals surface area contributed by atoms with Crippen LogP contribution in [0.3, 0.4) is 0 Å². The van der Waals surface area contributed by atoms with Crippen molar-refractivity contribution in [1.82, 2.24) is 19.6 Å². The standard InChI is InChI=1S/C24H39N5O5.CH2O2.CH2O/c1-3-22(30)20-5-7-21(8-6-20)25-19-29-15-10-26(4-2)9-11-27(17-23(31)32)12-13-28(14-16-29)18-24(33)34;2-1-3;1-2/h5-8,25H,3-4,9-19H2,1-2H3,(H,31,32)(H,33,34);1H,(H,2,3);1H2. The Hall–Kier alpha value is -3.39. The molecule has 0 atom stereocenters. The first-order valence-electron chi connectivity index (χ1n) is 12.8. The SMILES string of the molecule is C=O.CCC(=O)c1ccc(NCN2CCN(CC)CCN(CC(=O)O)CCN(CC(=O)O)CC2)cc1.O=CO. The highest BCUT2D eigenvalue weighted by Crippen LogP contribution is 2.11. The van der Waals surface area contributed by atoms with Crippen LogP contribution >= 0.6 is 0 Å². The van der Waals surface area contributed by atoms with Crippen LogP contribution in [0.15, 0.2) is 24.3 Å². The first-order valence-corrected chi connectivity index (χ1v) is 12.8. The van der Waals surface area contributed by atoms with E-state index in [-0.39, 0.29) is 25.3 Å². The molecule has 0 spiro atoms. The molecule has 13 nitrogen and oxygen atoms in total. The van der Waals surface area contributed by atoms with Gasteiger partial charge < -0.3 is 30.3 Å². The van der Waals surface area contributed by atoms with Gasteiger partial charge in [-0.25, -0.2) is 0 Å². The summed E-state index contributed by atoms with van der Waals surface area (Å²) in [6, 6.07) is 7.48. The van der Waals surface area contributed by atoms with E-state index in [4.69, 9.17) is 14.7 Å². The average molecular weight is 554 g/mol. The highest BCUT2D eigenvalue weighted by atomic mass is 16.4. The first kappa shape index (κ1) is 35.6. The summed E-state index contributed by atoms with van der Waals surface area (Å²) in [5.74, 6) is -1.64. The highest BCUT2D eigenvalue weighted by molar-refractivity contribution is 5.96. The molecular weight excluding hydrogens is 510 g/mol. The molecule has 1 aliphatic rings. The molecule has 39 heavy (non-hydrogen) atoms. The van der Waals surface area contributed by atoms with Crippen molar-refractivity contribution in [3.8, 4) is 0 Å². The number of anilines is 1. The van der Waals surface area contributed by atoms with Crippen LogP contribution in [0.4, 0.5) is 5.69 Å². The first-order chi connectivity index (χ1) is 18.7. The van der Waals surface area contributed by atoms with Crippen molar-refractivity contribution >= 4 is 36.7 Å². The second-order valence-electron chi connectivity index (χ2n) is 8.69. The van der Waals surface area contributed by atoms with Crippen molar-refractivity contribution in [2.45, 2.75) is 20.3 Å². The van der Waals surface area contributed by atoms with E-state index in [1.54, 1.807) is 0 Å². The zero-order chi connectivity index (χ0) is 29.6. The molecule has 0 bridgehead atoms. The van der Waals surface area contributed by atoms with Gasteiger partial charge in [-0.1, -0.05) is 13.8 Å². The Bertz CT molecular complexity index is 855. The van der Waals surface area contributed by atoms with Crippen LogP contribution < -0.4 is 5.32 Å². The maximum atomic E-state index is 11.8. The Morgan fingerprint density at radius 3 is 1.54 bits per heavy atom. The molecular formula is C26H43N5O8. The van der Waals surface area contributed by atoms with Gasteiger partial charge in [0.15, 0.2) is 5.78 Å². The van der Waals surface area contributed by atoms with Gasteiger partial charge in [0.05, 0.1) is 19.8 Å². The summed E-state index contributed by atoms with van der Waals surface area (Å²) in [5.41, 5.74) is 1.64. The van der Waals surface area contributed by atoms with Gasteiger partial charge in [0.25, 0.3) is 6.47 Å². The van der Waals surface area contributed by atoms with Gasteiger partial charge in [-0.3, -0.25) is 33.9 Å². The fourth-order valence-electron chi connectivity index (χ4n) is 3.93. The van der Waals surface area contributed by atoms with Crippen LogP contribution in [-0.4, -0.2) is 145 Å². The molecule has 13 heteroatoms. The lowest BCUT2D eigenvalue weighted by atomic mass is 10.1. The maximum Gasteiger partial charge on any atom is 0.317 e. The Balaban J connectivity index is 0.00000269.